The molecule has 19 heteroatoms. The Balaban J connectivity index is 1.47. The summed E-state index contributed by atoms with van der Waals surface area (Å²) < 4.78 is 20.9. The number of esters is 1. The zero-order valence-electron chi connectivity index (χ0n) is 25.1. The van der Waals surface area contributed by atoms with Crippen LogP contribution in [-0.4, -0.2) is 117 Å². The second kappa shape index (κ2) is 17.3. The number of nitrogens with zero attached hydrogens (tertiary/aromatic N) is 1. The van der Waals surface area contributed by atoms with E-state index < -0.39 is 72.2 Å². The second-order valence-electron chi connectivity index (χ2n) is 10.3. The van der Waals surface area contributed by atoms with Gasteiger partial charge in [-0.1, -0.05) is 6.07 Å². The molecule has 5 atom stereocenters. The Hall–Kier alpha value is -4.69. The maximum Gasteiger partial charge on any atom is 0.335 e. The minimum absolute atomic E-state index is 0.0142. The highest BCUT2D eigenvalue weighted by Gasteiger charge is 2.48. The van der Waals surface area contributed by atoms with E-state index in [9.17, 15) is 54.0 Å². The molecule has 0 bridgehead atoms. The van der Waals surface area contributed by atoms with Gasteiger partial charge in [0.25, 0.3) is 11.8 Å². The van der Waals surface area contributed by atoms with Crippen LogP contribution in [0.5, 0.6) is 5.75 Å². The fourth-order valence-electron chi connectivity index (χ4n) is 4.17. The number of hydrogen-bond donors (Lipinski definition) is 6. The number of aliphatic carboxylic acids is 1. The first-order valence-electron chi connectivity index (χ1n) is 14.3. The largest absolute Gasteiger partial charge is 0.479 e. The third-order valence-electron chi connectivity index (χ3n) is 6.61. The second-order valence-corrected chi connectivity index (χ2v) is 10.3. The Morgan fingerprint density at radius 1 is 0.936 bits per heavy atom. The van der Waals surface area contributed by atoms with E-state index in [4.69, 9.17) is 23.8 Å². The number of nitrogens with one attached hydrogen (secondary N) is 2. The summed E-state index contributed by atoms with van der Waals surface area (Å²) in [5.74, 6) is -5.48. The molecule has 19 nitrogen and oxygen atoms in total. The van der Waals surface area contributed by atoms with Gasteiger partial charge in [0.05, 0.1) is 25.3 Å². The molecular weight excluding hydrogens is 634 g/mol. The molecule has 0 spiro atoms. The summed E-state index contributed by atoms with van der Waals surface area (Å²) >= 11 is 0. The highest BCUT2D eigenvalue weighted by atomic mass is 16.7. The topological polar surface area (TPSA) is 274 Å². The number of aliphatic hydroxyl groups is 3. The molecule has 47 heavy (non-hydrogen) atoms. The van der Waals surface area contributed by atoms with Crippen molar-refractivity contribution >= 4 is 47.2 Å². The van der Waals surface area contributed by atoms with Crippen molar-refractivity contribution in [1.29, 1.82) is 0 Å². The Morgan fingerprint density at radius 2 is 1.62 bits per heavy atom. The van der Waals surface area contributed by atoms with Gasteiger partial charge in [-0.3, -0.25) is 24.0 Å². The fourth-order valence-corrected chi connectivity index (χ4v) is 4.17. The Kier molecular flexibility index (Phi) is 13.5. The molecule has 2 aliphatic heterocycles. The first-order chi connectivity index (χ1) is 22.3. The van der Waals surface area contributed by atoms with Crippen LogP contribution in [0.3, 0.4) is 0 Å². The smallest absolute Gasteiger partial charge is 0.335 e. The Labute approximate surface area is 266 Å². The third kappa shape index (κ3) is 11.0. The summed E-state index contributed by atoms with van der Waals surface area (Å²) in [4.78, 5) is 86.8. The molecule has 6 N–H and O–H groups in total. The number of aliphatic hydroxyl groups excluding tert-OH is 3. The van der Waals surface area contributed by atoms with Gasteiger partial charge < -0.3 is 54.8 Å². The van der Waals surface area contributed by atoms with Crippen LogP contribution in [0, 0.1) is 0 Å². The number of anilines is 1. The van der Waals surface area contributed by atoms with Crippen molar-refractivity contribution in [1.82, 2.24) is 10.4 Å². The molecule has 0 unspecified atom stereocenters. The zero-order valence-corrected chi connectivity index (χ0v) is 25.1. The minimum Gasteiger partial charge on any atom is -0.479 e. The van der Waals surface area contributed by atoms with Crippen LogP contribution in [0.25, 0.3) is 0 Å². The van der Waals surface area contributed by atoms with Crippen LogP contribution in [-0.2, 0) is 59.2 Å². The molecule has 2 aliphatic rings. The molecule has 1 aromatic rings. The predicted octanol–water partition coefficient (Wildman–Crippen LogP) is -2.13. The van der Waals surface area contributed by atoms with Crippen LogP contribution >= 0.6 is 0 Å². The number of rotatable bonds is 16. The van der Waals surface area contributed by atoms with Crippen molar-refractivity contribution in [3.8, 4) is 5.75 Å². The molecule has 3 rings (SSSR count). The summed E-state index contributed by atoms with van der Waals surface area (Å²) in [5.41, 5.74) is 0.395. The lowest BCUT2D eigenvalue weighted by molar-refractivity contribution is -0.271. The van der Waals surface area contributed by atoms with E-state index in [-0.39, 0.29) is 69.9 Å². The number of imide groups is 1. The molecule has 4 amide bonds. The van der Waals surface area contributed by atoms with Crippen molar-refractivity contribution in [2.24, 2.45) is 0 Å². The van der Waals surface area contributed by atoms with Gasteiger partial charge in [0.2, 0.25) is 18.1 Å². The number of hydrogen-bond acceptors (Lipinski definition) is 15. The maximum atomic E-state index is 12.7. The number of carbonyl (C=O) groups is 7. The van der Waals surface area contributed by atoms with Crippen LogP contribution < -0.4 is 15.4 Å². The van der Waals surface area contributed by atoms with E-state index >= 15 is 0 Å². The summed E-state index contributed by atoms with van der Waals surface area (Å²) in [6.07, 6.45) is -10.1. The Bertz CT molecular complexity index is 1340. The summed E-state index contributed by atoms with van der Waals surface area (Å²) in [6.45, 7) is 0.704. The Morgan fingerprint density at radius 3 is 2.28 bits per heavy atom. The summed E-state index contributed by atoms with van der Waals surface area (Å²) in [5, 5.41) is 45.0. The number of carboxylic acids is 1. The van der Waals surface area contributed by atoms with Gasteiger partial charge in [-0.2, -0.15) is 0 Å². The molecule has 2 heterocycles. The van der Waals surface area contributed by atoms with Crippen molar-refractivity contribution < 1.29 is 77.8 Å². The summed E-state index contributed by atoms with van der Waals surface area (Å²) in [7, 11) is 0. The third-order valence-corrected chi connectivity index (χ3v) is 6.61. The highest BCUT2D eigenvalue weighted by molar-refractivity contribution is 6.01. The van der Waals surface area contributed by atoms with E-state index in [1.165, 1.54) is 25.1 Å². The summed E-state index contributed by atoms with van der Waals surface area (Å²) in [6, 6.07) is 4.13. The van der Waals surface area contributed by atoms with E-state index in [1.807, 2.05) is 0 Å². The fraction of sp³-hybridized carbons (Fsp3) is 0.536. The van der Waals surface area contributed by atoms with Gasteiger partial charge in [0.1, 0.15) is 30.7 Å². The number of ether oxygens (including phenoxy) is 4. The van der Waals surface area contributed by atoms with Gasteiger partial charge in [0, 0.05) is 39.2 Å². The molecule has 0 aromatic heterocycles. The maximum absolute atomic E-state index is 12.7. The average Bonchev–Trinajstić information content (AvgIpc) is 3.32. The number of amides is 4. The van der Waals surface area contributed by atoms with Gasteiger partial charge in [-0.25, -0.2) is 9.59 Å². The van der Waals surface area contributed by atoms with Gasteiger partial charge >= 0.3 is 17.9 Å². The minimum atomic E-state index is -1.95. The van der Waals surface area contributed by atoms with Crippen LogP contribution in [0.4, 0.5) is 5.69 Å². The molecule has 2 saturated heterocycles. The molecule has 0 saturated carbocycles. The normalized spacial score (nSPS) is 22.4. The lowest BCUT2D eigenvalue weighted by atomic mass is 9.99. The number of carbonyl (C=O) groups excluding carboxylic acids is 6. The lowest BCUT2D eigenvalue weighted by Crippen LogP contribution is -2.61. The van der Waals surface area contributed by atoms with Crippen molar-refractivity contribution in [3.05, 3.63) is 23.8 Å². The van der Waals surface area contributed by atoms with Gasteiger partial charge in [-0.15, -0.1) is 5.06 Å². The first-order valence-corrected chi connectivity index (χ1v) is 14.3. The molecular formula is C28H35N3O16. The van der Waals surface area contributed by atoms with Crippen molar-refractivity contribution in [3.63, 3.8) is 0 Å². The SMILES string of the molecule is CC(=O)OCc1ccc(O[C@@H]2O[C@H](C(=O)O)[C@@H](O)[C@H](O)[C@H]2O)c(NC(=O)CCNC(=O)CCOCCC(=O)ON2C(=O)CCC2=O)c1. The van der Waals surface area contributed by atoms with Crippen LogP contribution in [0.1, 0.15) is 44.6 Å². The lowest BCUT2D eigenvalue weighted by Gasteiger charge is -2.38. The average molecular weight is 670 g/mol. The quantitative estimate of drug-likeness (QED) is 0.0623. The molecule has 258 valence electrons. The molecule has 0 radical (unpaired) electrons. The van der Waals surface area contributed by atoms with Gasteiger partial charge in [-0.05, 0) is 17.7 Å². The van der Waals surface area contributed by atoms with E-state index in [0.717, 1.165) is 0 Å². The van der Waals surface area contributed by atoms with Crippen molar-refractivity contribution in [2.75, 3.05) is 25.1 Å². The number of benzene rings is 1. The predicted molar refractivity (Wildman–Crippen MR) is 150 cm³/mol. The van der Waals surface area contributed by atoms with Crippen molar-refractivity contribution in [2.45, 2.75) is 76.3 Å². The molecule has 1 aromatic carbocycles. The standard InChI is InChI=1S/C28H35N3O16/c1-14(32)44-13-15-2-3-17(45-28-25(40)23(38)24(39)26(46-28)27(41)42)16(12-15)30-19(34)6-9-29-18(33)7-10-43-11-8-22(37)47-31-20(35)4-5-21(31)36/h2-3,12,23-26,28,38-40H,4-11,13H2,1H3,(H,29,33)(H,30,34)(H,41,42)/t23-,24-,25+,26-,28+/m0/s1. The zero-order chi connectivity index (χ0) is 34.7. The molecule has 2 fully saturated rings. The first kappa shape index (κ1) is 36.8. The van der Waals surface area contributed by atoms with Gasteiger partial charge in [0.15, 0.2) is 6.10 Å². The van der Waals surface area contributed by atoms with E-state index in [0.29, 0.717) is 10.6 Å². The number of hydroxylamine groups is 2. The van der Waals surface area contributed by atoms with E-state index in [2.05, 4.69) is 10.6 Å². The van der Waals surface area contributed by atoms with Crippen LogP contribution in [0.2, 0.25) is 0 Å². The highest BCUT2D eigenvalue weighted by Crippen LogP contribution is 2.31. The monoisotopic (exact) mass is 669 g/mol. The molecule has 0 aliphatic carbocycles. The number of carboxylic acid groups (broad SMARTS) is 1. The van der Waals surface area contributed by atoms with E-state index in [1.54, 1.807) is 0 Å². The van der Waals surface area contributed by atoms with Crippen LogP contribution in [0.15, 0.2) is 18.2 Å².